The molecule has 53 heavy (non-hydrogen) atoms. The van der Waals surface area contributed by atoms with Gasteiger partial charge in [-0.05, 0) is 99.7 Å². The van der Waals surface area contributed by atoms with Gasteiger partial charge < -0.3 is 18.6 Å². The highest BCUT2D eigenvalue weighted by molar-refractivity contribution is 7.91. The molecule has 0 spiro atoms. The van der Waals surface area contributed by atoms with Gasteiger partial charge in [-0.3, -0.25) is 4.79 Å². The number of aryl methyl sites for hydroxylation is 1. The van der Waals surface area contributed by atoms with Gasteiger partial charge in [0.15, 0.2) is 9.92 Å². The molecule has 1 saturated carbocycles. The fraction of sp³-hybridized carbons (Fsp3) is 0.537. The second kappa shape index (κ2) is 16.8. The molecule has 1 saturated heterocycles. The van der Waals surface area contributed by atoms with Gasteiger partial charge in [-0.1, -0.05) is 87.9 Å². The first-order chi connectivity index (χ1) is 25.1. The standard InChI is InChI=1S/C41H57N3O7SSi/c1-30-24-25-36(52(47,43-39(46)51-40(2,3)4)44-27-16-23-35(44)38(45)48-8)37(42-30)50-32-18-15-17-31(29-32)26-28-49-53(41(5,6)7,33-19-11-9-12-20-33)34-21-13-10-14-22-34/h9-14,19-22,24-25,31-32,35H,15-18,23,26-29H2,1-8H3/t31-,32-,35-,52+/m0/s1. The van der Waals surface area contributed by atoms with E-state index in [-0.39, 0.29) is 28.5 Å². The van der Waals surface area contributed by atoms with Gasteiger partial charge in [-0.15, -0.1) is 4.36 Å². The van der Waals surface area contributed by atoms with E-state index in [0.29, 0.717) is 31.1 Å². The quantitative estimate of drug-likeness (QED) is 0.145. The smallest absolute Gasteiger partial charge is 0.443 e. The number of rotatable bonds is 11. The van der Waals surface area contributed by atoms with Crippen LogP contribution < -0.4 is 15.1 Å². The summed E-state index contributed by atoms with van der Waals surface area (Å²) in [5.74, 6) is -0.0297. The predicted molar refractivity (Wildman–Crippen MR) is 210 cm³/mol. The predicted octanol–water partition coefficient (Wildman–Crippen LogP) is 7.61. The van der Waals surface area contributed by atoms with Crippen LogP contribution in [0.4, 0.5) is 4.79 Å². The third-order valence-electron chi connectivity index (χ3n) is 10.1. The van der Waals surface area contributed by atoms with Crippen molar-refractivity contribution < 1.29 is 32.4 Å². The largest absolute Gasteiger partial charge is 0.473 e. The molecular formula is C41H57N3O7SSi. The molecule has 1 aliphatic carbocycles. The van der Waals surface area contributed by atoms with Crippen LogP contribution in [0.25, 0.3) is 0 Å². The van der Waals surface area contributed by atoms with Gasteiger partial charge in [0, 0.05) is 18.8 Å². The third kappa shape index (κ3) is 9.39. The average molecular weight is 764 g/mol. The van der Waals surface area contributed by atoms with E-state index in [1.807, 2.05) is 6.92 Å². The van der Waals surface area contributed by atoms with Crippen LogP contribution in [0.5, 0.6) is 5.88 Å². The van der Waals surface area contributed by atoms with Crippen LogP contribution in [0.1, 0.15) is 92.2 Å². The van der Waals surface area contributed by atoms with Gasteiger partial charge in [-0.2, -0.15) is 4.31 Å². The van der Waals surface area contributed by atoms with Crippen molar-refractivity contribution in [3.8, 4) is 5.88 Å². The van der Waals surface area contributed by atoms with E-state index in [1.165, 1.54) is 21.8 Å². The van der Waals surface area contributed by atoms with Crippen LogP contribution in [0.3, 0.4) is 0 Å². The SMILES string of the molecule is COC(=O)[C@@H]1CCCN1[S@](=O)(=NC(=O)OC(C)(C)C)c1ccc(C)nc1O[C@H]1CCC[C@@H](CCO[Si](c2ccccc2)(c2ccccc2)C(C)(C)C)C1. The van der Waals surface area contributed by atoms with Crippen molar-refractivity contribution in [1.82, 2.24) is 9.29 Å². The number of benzene rings is 2. The van der Waals surface area contributed by atoms with E-state index in [1.54, 1.807) is 32.9 Å². The molecule has 3 aromatic rings. The fourth-order valence-corrected chi connectivity index (χ4v) is 14.5. The lowest BCUT2D eigenvalue weighted by Crippen LogP contribution is -2.66. The monoisotopic (exact) mass is 763 g/mol. The Hall–Kier alpha value is -3.58. The lowest BCUT2D eigenvalue weighted by molar-refractivity contribution is -0.144. The number of nitrogens with zero attached hydrogens (tertiary/aromatic N) is 3. The Morgan fingerprint density at radius 1 is 0.906 bits per heavy atom. The van der Waals surface area contributed by atoms with Crippen LogP contribution >= 0.6 is 0 Å². The van der Waals surface area contributed by atoms with E-state index in [0.717, 1.165) is 32.1 Å². The number of methoxy groups -OCH3 is 1. The summed E-state index contributed by atoms with van der Waals surface area (Å²) in [6.45, 7) is 14.8. The van der Waals surface area contributed by atoms with Gasteiger partial charge in [0.05, 0.1) is 7.11 Å². The van der Waals surface area contributed by atoms with E-state index in [2.05, 4.69) is 85.8 Å². The average Bonchev–Trinajstić information content (AvgIpc) is 3.61. The number of hydrogen-bond acceptors (Lipinski definition) is 8. The number of ether oxygens (including phenoxy) is 3. The van der Waals surface area contributed by atoms with E-state index < -0.39 is 41.9 Å². The molecule has 1 aliphatic heterocycles. The van der Waals surface area contributed by atoms with E-state index >= 15 is 4.21 Å². The number of amides is 1. The molecule has 12 heteroatoms. The molecule has 0 radical (unpaired) electrons. The number of carbonyl (C=O) groups excluding carboxylic acids is 2. The number of aromatic nitrogens is 1. The topological polar surface area (TPSA) is 117 Å². The highest BCUT2D eigenvalue weighted by atomic mass is 32.2. The second-order valence-electron chi connectivity index (χ2n) is 16.2. The van der Waals surface area contributed by atoms with Gasteiger partial charge in [0.2, 0.25) is 5.88 Å². The first kappa shape index (κ1) is 40.6. The van der Waals surface area contributed by atoms with Crippen molar-refractivity contribution in [2.75, 3.05) is 20.3 Å². The Morgan fingerprint density at radius 2 is 1.55 bits per heavy atom. The second-order valence-corrected chi connectivity index (χ2v) is 22.6. The summed E-state index contributed by atoms with van der Waals surface area (Å²) in [5.41, 5.74) is -0.198. The highest BCUT2D eigenvalue weighted by Crippen LogP contribution is 2.39. The van der Waals surface area contributed by atoms with Crippen LogP contribution in [0.15, 0.2) is 82.1 Å². The lowest BCUT2D eigenvalue weighted by atomic mass is 9.85. The molecule has 5 rings (SSSR count). The van der Waals surface area contributed by atoms with E-state index in [9.17, 15) is 9.59 Å². The Balaban J connectivity index is 1.40. The summed E-state index contributed by atoms with van der Waals surface area (Å²) in [6.07, 6.45) is 4.29. The van der Waals surface area contributed by atoms with Crippen molar-refractivity contribution in [3.63, 3.8) is 0 Å². The summed E-state index contributed by atoms with van der Waals surface area (Å²) in [7, 11) is -5.12. The molecule has 1 amide bonds. The zero-order chi connectivity index (χ0) is 38.4. The molecule has 4 atom stereocenters. The van der Waals surface area contributed by atoms with Crippen LogP contribution in [0.2, 0.25) is 5.04 Å². The molecule has 1 aromatic heterocycles. The Kier molecular flexibility index (Phi) is 12.9. The Bertz CT molecular complexity index is 1800. The molecule has 2 heterocycles. The molecule has 2 fully saturated rings. The Morgan fingerprint density at radius 3 is 2.13 bits per heavy atom. The fourth-order valence-electron chi connectivity index (χ4n) is 7.73. The van der Waals surface area contributed by atoms with Crippen molar-refractivity contribution in [2.45, 2.75) is 121 Å². The molecule has 2 aliphatic rings. The van der Waals surface area contributed by atoms with Crippen molar-refractivity contribution in [1.29, 1.82) is 0 Å². The maximum atomic E-state index is 15.2. The minimum absolute atomic E-state index is 0.110. The molecule has 288 valence electrons. The molecule has 10 nitrogen and oxygen atoms in total. The van der Waals surface area contributed by atoms with Gasteiger partial charge >= 0.3 is 12.1 Å². The van der Waals surface area contributed by atoms with Gasteiger partial charge in [0.1, 0.15) is 22.6 Å². The molecular weight excluding hydrogens is 707 g/mol. The summed E-state index contributed by atoms with van der Waals surface area (Å²) < 4.78 is 45.3. The third-order valence-corrected chi connectivity index (χ3v) is 17.5. The minimum atomic E-state index is -3.75. The van der Waals surface area contributed by atoms with Crippen molar-refractivity contribution >= 4 is 40.7 Å². The number of esters is 1. The molecule has 0 unspecified atom stereocenters. The van der Waals surface area contributed by atoms with E-state index in [4.69, 9.17) is 23.6 Å². The summed E-state index contributed by atoms with van der Waals surface area (Å²) in [5, 5.41) is 2.41. The molecule has 0 N–H and O–H groups in total. The first-order valence-electron chi connectivity index (χ1n) is 18.8. The maximum Gasteiger partial charge on any atom is 0.443 e. The lowest BCUT2D eigenvalue weighted by Gasteiger charge is -2.43. The van der Waals surface area contributed by atoms with Crippen LogP contribution in [0, 0.1) is 12.8 Å². The molecule has 2 aromatic carbocycles. The van der Waals surface area contributed by atoms with Gasteiger partial charge in [0.25, 0.3) is 8.32 Å². The van der Waals surface area contributed by atoms with Crippen molar-refractivity contribution in [2.24, 2.45) is 10.3 Å². The maximum absolute atomic E-state index is 15.2. The minimum Gasteiger partial charge on any atom is -0.473 e. The van der Waals surface area contributed by atoms with Gasteiger partial charge in [-0.25, -0.2) is 14.0 Å². The number of carbonyl (C=O) groups is 2. The van der Waals surface area contributed by atoms with Crippen LogP contribution in [-0.2, 0) is 28.6 Å². The zero-order valence-electron chi connectivity index (χ0n) is 32.6. The van der Waals surface area contributed by atoms with Crippen molar-refractivity contribution in [3.05, 3.63) is 78.5 Å². The summed E-state index contributed by atoms with van der Waals surface area (Å²) in [4.78, 5) is 30.9. The number of hydrogen-bond donors (Lipinski definition) is 0. The normalized spacial score (nSPS) is 21.0. The molecule has 0 bridgehead atoms. The highest BCUT2D eigenvalue weighted by Gasteiger charge is 2.50. The summed E-state index contributed by atoms with van der Waals surface area (Å²) >= 11 is 0. The van der Waals surface area contributed by atoms with Crippen LogP contribution in [-0.4, -0.2) is 71.9 Å². The Labute approximate surface area is 317 Å². The first-order valence-corrected chi connectivity index (χ1v) is 22.2. The zero-order valence-corrected chi connectivity index (χ0v) is 34.4. The summed E-state index contributed by atoms with van der Waals surface area (Å²) in [6, 6.07) is 23.9. The number of pyridine rings is 1.